The van der Waals surface area contributed by atoms with Crippen LogP contribution in [0.3, 0.4) is 0 Å². The first-order valence-corrected chi connectivity index (χ1v) is 5.78. The molecule has 0 fully saturated rings. The number of hydrogen-bond donors (Lipinski definition) is 3. The molecule has 0 aliphatic heterocycles. The lowest BCUT2D eigenvalue weighted by atomic mass is 9.84. The summed E-state index contributed by atoms with van der Waals surface area (Å²) in [5, 5.41) is 3.37. The predicted molar refractivity (Wildman–Crippen MR) is 69.4 cm³/mol. The van der Waals surface area contributed by atoms with Gasteiger partial charge in [-0.05, 0) is 5.56 Å². The molecule has 0 bridgehead atoms. The second-order valence-corrected chi connectivity index (χ2v) is 4.88. The summed E-state index contributed by atoms with van der Waals surface area (Å²) < 4.78 is 0. The summed E-state index contributed by atoms with van der Waals surface area (Å²) >= 11 is 0. The molecule has 1 rings (SSSR count). The van der Waals surface area contributed by atoms with Crippen LogP contribution in [0.1, 0.15) is 19.4 Å². The Labute approximate surface area is 98.2 Å². The molecule has 0 saturated carbocycles. The van der Waals surface area contributed by atoms with Gasteiger partial charge in [0.05, 0.1) is 0 Å². The highest BCUT2D eigenvalue weighted by Gasteiger charge is 2.19. The normalized spacial score (nSPS) is 13.8. The summed E-state index contributed by atoms with van der Waals surface area (Å²) in [5.74, 6) is 0. The number of benzene rings is 1. The Morgan fingerprint density at radius 3 is 2.44 bits per heavy atom. The Morgan fingerprint density at radius 2 is 1.88 bits per heavy atom. The molecule has 1 atom stereocenters. The van der Waals surface area contributed by atoms with Crippen LogP contribution in [0.2, 0.25) is 0 Å². The van der Waals surface area contributed by atoms with E-state index in [-0.39, 0.29) is 11.5 Å². The van der Waals surface area contributed by atoms with Crippen molar-refractivity contribution in [3.8, 4) is 0 Å². The van der Waals surface area contributed by atoms with Crippen molar-refractivity contribution in [1.29, 1.82) is 0 Å². The van der Waals surface area contributed by atoms with Crippen LogP contribution in [0.15, 0.2) is 30.3 Å². The maximum atomic E-state index is 5.75. The lowest BCUT2D eigenvalue weighted by Gasteiger charge is -2.26. The molecular weight excluding hydrogens is 198 g/mol. The standard InChI is InChI=1S/C13H23N3/c1-13(2,10-16-9-12(15)8-14)11-6-4-3-5-7-11/h3-7,12,16H,8-10,14-15H2,1-2H3. The van der Waals surface area contributed by atoms with Crippen molar-refractivity contribution in [1.82, 2.24) is 5.32 Å². The van der Waals surface area contributed by atoms with E-state index in [1.807, 2.05) is 6.07 Å². The Bertz CT molecular complexity index is 295. The van der Waals surface area contributed by atoms with Gasteiger partial charge in [0.2, 0.25) is 0 Å². The van der Waals surface area contributed by atoms with E-state index in [1.165, 1.54) is 5.56 Å². The third-order valence-corrected chi connectivity index (χ3v) is 2.83. The van der Waals surface area contributed by atoms with E-state index in [4.69, 9.17) is 11.5 Å². The van der Waals surface area contributed by atoms with Crippen molar-refractivity contribution in [2.75, 3.05) is 19.6 Å². The van der Waals surface area contributed by atoms with Crippen LogP contribution in [-0.4, -0.2) is 25.7 Å². The molecule has 5 N–H and O–H groups in total. The summed E-state index contributed by atoms with van der Waals surface area (Å²) in [5.41, 5.74) is 12.7. The van der Waals surface area contributed by atoms with Crippen molar-refractivity contribution < 1.29 is 0 Å². The zero-order valence-corrected chi connectivity index (χ0v) is 10.2. The second-order valence-electron chi connectivity index (χ2n) is 4.88. The molecule has 0 radical (unpaired) electrons. The molecule has 0 spiro atoms. The molecule has 0 amide bonds. The summed E-state index contributed by atoms with van der Waals surface area (Å²) in [6.45, 7) is 6.66. The van der Waals surface area contributed by atoms with Crippen LogP contribution < -0.4 is 16.8 Å². The number of rotatable bonds is 6. The quantitative estimate of drug-likeness (QED) is 0.667. The van der Waals surface area contributed by atoms with Crippen LogP contribution in [-0.2, 0) is 5.41 Å². The van der Waals surface area contributed by atoms with E-state index >= 15 is 0 Å². The van der Waals surface area contributed by atoms with Gasteiger partial charge in [-0.2, -0.15) is 0 Å². The summed E-state index contributed by atoms with van der Waals surface area (Å²) in [7, 11) is 0. The highest BCUT2D eigenvalue weighted by molar-refractivity contribution is 5.23. The first kappa shape index (κ1) is 13.2. The van der Waals surface area contributed by atoms with Gasteiger partial charge in [-0.3, -0.25) is 0 Å². The van der Waals surface area contributed by atoms with Crippen molar-refractivity contribution in [3.63, 3.8) is 0 Å². The molecule has 0 saturated heterocycles. The van der Waals surface area contributed by atoms with Gasteiger partial charge in [0.15, 0.2) is 0 Å². The monoisotopic (exact) mass is 221 g/mol. The molecule has 1 aromatic rings. The van der Waals surface area contributed by atoms with Gasteiger partial charge < -0.3 is 16.8 Å². The maximum Gasteiger partial charge on any atom is 0.0290 e. The molecule has 3 heteroatoms. The molecule has 0 aliphatic carbocycles. The fourth-order valence-electron chi connectivity index (χ4n) is 1.64. The molecule has 0 heterocycles. The minimum Gasteiger partial charge on any atom is -0.329 e. The van der Waals surface area contributed by atoms with Crippen molar-refractivity contribution in [2.45, 2.75) is 25.3 Å². The third kappa shape index (κ3) is 3.93. The molecule has 1 unspecified atom stereocenters. The summed E-state index contributed by atoms with van der Waals surface area (Å²) in [6.07, 6.45) is 0. The van der Waals surface area contributed by atoms with E-state index in [1.54, 1.807) is 0 Å². The van der Waals surface area contributed by atoms with Crippen LogP contribution in [0.5, 0.6) is 0 Å². The number of nitrogens with one attached hydrogen (secondary N) is 1. The highest BCUT2D eigenvalue weighted by Crippen LogP contribution is 2.21. The fourth-order valence-corrected chi connectivity index (χ4v) is 1.64. The Hall–Kier alpha value is -0.900. The third-order valence-electron chi connectivity index (χ3n) is 2.83. The molecule has 16 heavy (non-hydrogen) atoms. The van der Waals surface area contributed by atoms with Crippen LogP contribution >= 0.6 is 0 Å². The molecule has 1 aromatic carbocycles. The van der Waals surface area contributed by atoms with Crippen LogP contribution in [0.25, 0.3) is 0 Å². The first-order chi connectivity index (χ1) is 7.56. The van der Waals surface area contributed by atoms with E-state index < -0.39 is 0 Å². The highest BCUT2D eigenvalue weighted by atomic mass is 14.9. The summed E-state index contributed by atoms with van der Waals surface area (Å²) in [6, 6.07) is 10.5. The molecular formula is C13H23N3. The Kier molecular flexibility index (Phi) is 4.93. The molecule has 0 aromatic heterocycles. The second kappa shape index (κ2) is 5.99. The maximum absolute atomic E-state index is 5.75. The summed E-state index contributed by atoms with van der Waals surface area (Å²) in [4.78, 5) is 0. The van der Waals surface area contributed by atoms with Crippen LogP contribution in [0.4, 0.5) is 0 Å². The van der Waals surface area contributed by atoms with Crippen molar-refractivity contribution in [3.05, 3.63) is 35.9 Å². The van der Waals surface area contributed by atoms with Gasteiger partial charge in [-0.15, -0.1) is 0 Å². The minimum atomic E-state index is 0.0478. The smallest absolute Gasteiger partial charge is 0.0290 e. The van der Waals surface area contributed by atoms with Gasteiger partial charge in [-0.1, -0.05) is 44.2 Å². The van der Waals surface area contributed by atoms with Gasteiger partial charge in [-0.25, -0.2) is 0 Å². The lowest BCUT2D eigenvalue weighted by molar-refractivity contribution is 0.454. The van der Waals surface area contributed by atoms with E-state index in [0.29, 0.717) is 6.54 Å². The van der Waals surface area contributed by atoms with Crippen molar-refractivity contribution in [2.24, 2.45) is 11.5 Å². The first-order valence-electron chi connectivity index (χ1n) is 5.78. The zero-order chi connectivity index (χ0) is 12.0. The van der Waals surface area contributed by atoms with E-state index in [9.17, 15) is 0 Å². The van der Waals surface area contributed by atoms with E-state index in [0.717, 1.165) is 13.1 Å². The predicted octanol–water partition coefficient (Wildman–Crippen LogP) is 0.840. The van der Waals surface area contributed by atoms with Crippen molar-refractivity contribution >= 4 is 0 Å². The van der Waals surface area contributed by atoms with E-state index in [2.05, 4.69) is 43.4 Å². The Morgan fingerprint density at radius 1 is 1.25 bits per heavy atom. The Balaban J connectivity index is 2.46. The zero-order valence-electron chi connectivity index (χ0n) is 10.2. The topological polar surface area (TPSA) is 64.1 Å². The SMILES string of the molecule is CC(C)(CNCC(N)CN)c1ccccc1. The minimum absolute atomic E-state index is 0.0478. The average Bonchev–Trinajstić information content (AvgIpc) is 2.30. The fraction of sp³-hybridized carbons (Fsp3) is 0.538. The number of hydrogen-bond acceptors (Lipinski definition) is 3. The molecule has 90 valence electrons. The molecule has 3 nitrogen and oxygen atoms in total. The van der Waals surface area contributed by atoms with Crippen LogP contribution in [0, 0.1) is 0 Å². The van der Waals surface area contributed by atoms with Gasteiger partial charge in [0.25, 0.3) is 0 Å². The van der Waals surface area contributed by atoms with Gasteiger partial charge in [0.1, 0.15) is 0 Å². The lowest BCUT2D eigenvalue weighted by Crippen LogP contribution is -2.43. The number of nitrogens with two attached hydrogens (primary N) is 2. The largest absolute Gasteiger partial charge is 0.329 e. The molecule has 0 aliphatic rings. The average molecular weight is 221 g/mol. The van der Waals surface area contributed by atoms with Gasteiger partial charge >= 0.3 is 0 Å². The van der Waals surface area contributed by atoms with Gasteiger partial charge in [0, 0.05) is 31.1 Å².